The second-order valence-electron chi connectivity index (χ2n) is 4.06. The van der Waals surface area contributed by atoms with Gasteiger partial charge in [-0.25, -0.2) is 0 Å². The maximum Gasteiger partial charge on any atom is 0.0587 e. The highest BCUT2D eigenvalue weighted by Gasteiger charge is 2.14. The fraction of sp³-hybridized carbons (Fsp3) is 0.200. The van der Waals surface area contributed by atoms with Crippen LogP contribution < -0.4 is 5.32 Å². The first-order chi connectivity index (χ1) is 8.72. The average Bonchev–Trinajstić information content (AvgIpc) is 2.38. The number of halogens is 2. The van der Waals surface area contributed by atoms with Gasteiger partial charge in [0.05, 0.1) is 6.04 Å². The Labute approximate surface area is 127 Å². The molecule has 94 valence electrons. The van der Waals surface area contributed by atoms with Crippen molar-refractivity contribution < 1.29 is 0 Å². The first-order valence-electron chi connectivity index (χ1n) is 5.95. The lowest BCUT2D eigenvalue weighted by Crippen LogP contribution is -2.22. The van der Waals surface area contributed by atoms with Crippen LogP contribution in [0.25, 0.3) is 0 Å². The van der Waals surface area contributed by atoms with Crippen molar-refractivity contribution in [3.05, 3.63) is 68.3 Å². The molecule has 1 atom stereocenters. The molecule has 0 bridgehead atoms. The van der Waals surface area contributed by atoms with Gasteiger partial charge in [-0.2, -0.15) is 0 Å². The zero-order chi connectivity index (χ0) is 13.0. The Balaban J connectivity index is 2.40. The molecule has 1 nitrogen and oxygen atoms in total. The summed E-state index contributed by atoms with van der Waals surface area (Å²) >= 11 is 8.33. The molecule has 2 aromatic carbocycles. The van der Waals surface area contributed by atoms with Crippen molar-refractivity contribution >= 4 is 34.2 Å². The summed E-state index contributed by atoms with van der Waals surface area (Å²) in [7, 11) is 0. The van der Waals surface area contributed by atoms with Crippen molar-refractivity contribution in [3.8, 4) is 0 Å². The summed E-state index contributed by atoms with van der Waals surface area (Å²) in [6.07, 6.45) is 0. The molecule has 0 aliphatic heterocycles. The molecule has 0 radical (unpaired) electrons. The second-order valence-corrected chi connectivity index (χ2v) is 5.66. The van der Waals surface area contributed by atoms with Crippen LogP contribution in [0.5, 0.6) is 0 Å². The van der Waals surface area contributed by atoms with E-state index in [0.717, 1.165) is 11.6 Å². The van der Waals surface area contributed by atoms with Gasteiger partial charge in [-0.1, -0.05) is 48.9 Å². The van der Waals surface area contributed by atoms with Crippen LogP contribution in [0.2, 0.25) is 5.02 Å². The number of nitrogens with one attached hydrogen (secondary N) is 1. The SMILES string of the molecule is CCNC(c1ccc(Cl)cc1)c1ccccc1I. The van der Waals surface area contributed by atoms with E-state index in [0.29, 0.717) is 0 Å². The quantitative estimate of drug-likeness (QED) is 0.772. The molecule has 0 saturated heterocycles. The minimum absolute atomic E-state index is 0.223. The molecule has 2 aromatic rings. The molecule has 1 N–H and O–H groups in total. The molecule has 3 heteroatoms. The summed E-state index contributed by atoms with van der Waals surface area (Å²) in [4.78, 5) is 0. The van der Waals surface area contributed by atoms with Gasteiger partial charge in [0.1, 0.15) is 0 Å². The van der Waals surface area contributed by atoms with Crippen molar-refractivity contribution in [1.82, 2.24) is 5.32 Å². The van der Waals surface area contributed by atoms with Gasteiger partial charge in [-0.05, 0) is 58.5 Å². The highest BCUT2D eigenvalue weighted by atomic mass is 127. The molecule has 0 aliphatic rings. The third-order valence-electron chi connectivity index (χ3n) is 2.83. The summed E-state index contributed by atoms with van der Waals surface area (Å²) < 4.78 is 1.27. The molecule has 1 unspecified atom stereocenters. The minimum Gasteiger partial charge on any atom is -0.306 e. The van der Waals surface area contributed by atoms with E-state index in [4.69, 9.17) is 11.6 Å². The summed E-state index contributed by atoms with van der Waals surface area (Å²) in [5, 5.41) is 4.30. The normalized spacial score (nSPS) is 12.4. The molecular weight excluding hydrogens is 357 g/mol. The predicted octanol–water partition coefficient (Wildman–Crippen LogP) is 4.64. The van der Waals surface area contributed by atoms with Crippen molar-refractivity contribution in [3.63, 3.8) is 0 Å². The molecule has 0 aromatic heterocycles. The lowest BCUT2D eigenvalue weighted by molar-refractivity contribution is 0.628. The maximum absolute atomic E-state index is 5.95. The summed E-state index contributed by atoms with van der Waals surface area (Å²) in [6.45, 7) is 3.05. The predicted molar refractivity (Wildman–Crippen MR) is 86.1 cm³/mol. The molecule has 0 aliphatic carbocycles. The topological polar surface area (TPSA) is 12.0 Å². The zero-order valence-corrected chi connectivity index (χ0v) is 13.1. The highest BCUT2D eigenvalue weighted by Crippen LogP contribution is 2.27. The largest absolute Gasteiger partial charge is 0.306 e. The highest BCUT2D eigenvalue weighted by molar-refractivity contribution is 14.1. The first kappa shape index (κ1) is 13.8. The Morgan fingerprint density at radius 3 is 2.39 bits per heavy atom. The van der Waals surface area contributed by atoms with Crippen LogP contribution in [0.1, 0.15) is 24.1 Å². The van der Waals surface area contributed by atoms with Gasteiger partial charge in [0.2, 0.25) is 0 Å². The van der Waals surface area contributed by atoms with E-state index in [2.05, 4.69) is 71.2 Å². The van der Waals surface area contributed by atoms with Crippen LogP contribution >= 0.6 is 34.2 Å². The third kappa shape index (κ3) is 3.25. The Kier molecular flexibility index (Phi) is 5.03. The van der Waals surface area contributed by atoms with Crippen LogP contribution in [0.3, 0.4) is 0 Å². The van der Waals surface area contributed by atoms with E-state index in [9.17, 15) is 0 Å². The summed E-state index contributed by atoms with van der Waals surface area (Å²) in [6, 6.07) is 16.7. The van der Waals surface area contributed by atoms with E-state index in [1.54, 1.807) is 0 Å². The molecule has 0 fully saturated rings. The molecule has 0 saturated carbocycles. The van der Waals surface area contributed by atoms with E-state index in [1.165, 1.54) is 14.7 Å². The third-order valence-corrected chi connectivity index (χ3v) is 4.06. The van der Waals surface area contributed by atoms with E-state index < -0.39 is 0 Å². The van der Waals surface area contributed by atoms with Gasteiger partial charge < -0.3 is 5.32 Å². The van der Waals surface area contributed by atoms with Crippen LogP contribution in [0, 0.1) is 3.57 Å². The minimum atomic E-state index is 0.223. The summed E-state index contributed by atoms with van der Waals surface area (Å²) in [5.41, 5.74) is 2.55. The van der Waals surface area contributed by atoms with Crippen molar-refractivity contribution in [2.75, 3.05) is 6.54 Å². The molecule has 0 spiro atoms. The lowest BCUT2D eigenvalue weighted by atomic mass is 9.99. The Morgan fingerprint density at radius 1 is 1.11 bits per heavy atom. The van der Waals surface area contributed by atoms with E-state index in [-0.39, 0.29) is 6.04 Å². The smallest absolute Gasteiger partial charge is 0.0587 e. The van der Waals surface area contributed by atoms with Gasteiger partial charge in [0, 0.05) is 8.59 Å². The number of hydrogen-bond donors (Lipinski definition) is 1. The van der Waals surface area contributed by atoms with Crippen LogP contribution in [-0.4, -0.2) is 6.54 Å². The molecule has 2 rings (SSSR count). The van der Waals surface area contributed by atoms with Gasteiger partial charge in [-0.3, -0.25) is 0 Å². The standard InChI is InChI=1S/C15H15ClIN/c1-2-18-15(11-7-9-12(16)10-8-11)13-5-3-4-6-14(13)17/h3-10,15,18H,2H2,1H3. The van der Waals surface area contributed by atoms with Crippen LogP contribution in [0.15, 0.2) is 48.5 Å². The Hall–Kier alpha value is -0.580. The number of hydrogen-bond acceptors (Lipinski definition) is 1. The molecule has 0 heterocycles. The van der Waals surface area contributed by atoms with E-state index >= 15 is 0 Å². The number of benzene rings is 2. The first-order valence-corrected chi connectivity index (χ1v) is 7.41. The van der Waals surface area contributed by atoms with Crippen molar-refractivity contribution in [2.24, 2.45) is 0 Å². The second kappa shape index (κ2) is 6.55. The Morgan fingerprint density at radius 2 is 1.78 bits per heavy atom. The average molecular weight is 372 g/mol. The van der Waals surface area contributed by atoms with Gasteiger partial charge in [-0.15, -0.1) is 0 Å². The Bertz CT molecular complexity index is 510. The number of rotatable bonds is 4. The summed E-state index contributed by atoms with van der Waals surface area (Å²) in [5.74, 6) is 0. The molecule has 0 amide bonds. The fourth-order valence-corrected chi connectivity index (χ4v) is 2.80. The van der Waals surface area contributed by atoms with Gasteiger partial charge in [0.25, 0.3) is 0 Å². The van der Waals surface area contributed by atoms with E-state index in [1.807, 2.05) is 12.1 Å². The molecular formula is C15H15ClIN. The van der Waals surface area contributed by atoms with Crippen molar-refractivity contribution in [1.29, 1.82) is 0 Å². The molecule has 18 heavy (non-hydrogen) atoms. The lowest BCUT2D eigenvalue weighted by Gasteiger charge is -2.20. The van der Waals surface area contributed by atoms with Crippen LogP contribution in [0.4, 0.5) is 0 Å². The van der Waals surface area contributed by atoms with Crippen LogP contribution in [-0.2, 0) is 0 Å². The fourth-order valence-electron chi connectivity index (χ4n) is 1.98. The monoisotopic (exact) mass is 371 g/mol. The maximum atomic E-state index is 5.95. The van der Waals surface area contributed by atoms with Gasteiger partial charge in [0.15, 0.2) is 0 Å². The van der Waals surface area contributed by atoms with Gasteiger partial charge >= 0.3 is 0 Å². The zero-order valence-electron chi connectivity index (χ0n) is 10.2. The van der Waals surface area contributed by atoms with Crippen molar-refractivity contribution in [2.45, 2.75) is 13.0 Å².